The van der Waals surface area contributed by atoms with Gasteiger partial charge in [-0.2, -0.15) is 0 Å². The number of rotatable bonds is 0. The summed E-state index contributed by atoms with van der Waals surface area (Å²) in [5.74, 6) is 1.74. The Hall–Kier alpha value is -0.700. The van der Waals surface area contributed by atoms with Gasteiger partial charge in [0, 0.05) is 25.2 Å². The molecule has 4 fully saturated rings. The molecule has 4 aliphatic carbocycles. The molecule has 122 valence electrons. The summed E-state index contributed by atoms with van der Waals surface area (Å²) in [7, 11) is 0. The van der Waals surface area contributed by atoms with Gasteiger partial charge in [0.25, 0.3) is 0 Å². The van der Waals surface area contributed by atoms with Gasteiger partial charge in [-0.25, -0.2) is 0 Å². The molecule has 0 bridgehead atoms. The van der Waals surface area contributed by atoms with Gasteiger partial charge in [0.15, 0.2) is 0 Å². The average Bonchev–Trinajstić information content (AvgIpc) is 2.82. The maximum atomic E-state index is 13.1. The van der Waals surface area contributed by atoms with Crippen molar-refractivity contribution < 1.29 is 14.7 Å². The van der Waals surface area contributed by atoms with Crippen LogP contribution in [-0.4, -0.2) is 22.8 Å². The predicted molar refractivity (Wildman–Crippen MR) is 83.1 cm³/mol. The third-order valence-corrected chi connectivity index (χ3v) is 7.95. The Morgan fingerprint density at radius 1 is 1.14 bits per heavy atom. The summed E-state index contributed by atoms with van der Waals surface area (Å²) in [6.07, 6.45) is 6.56. The second-order valence-corrected chi connectivity index (χ2v) is 9.10. The van der Waals surface area contributed by atoms with Gasteiger partial charge in [-0.1, -0.05) is 20.3 Å². The lowest BCUT2D eigenvalue weighted by Gasteiger charge is -2.59. The summed E-state index contributed by atoms with van der Waals surface area (Å²) in [6.45, 7) is 4.49. The van der Waals surface area contributed by atoms with Crippen molar-refractivity contribution in [3.63, 3.8) is 0 Å². The third-order valence-electron chi connectivity index (χ3n) is 7.95. The van der Waals surface area contributed by atoms with Crippen LogP contribution in [0.3, 0.4) is 0 Å². The molecule has 0 aromatic heterocycles. The van der Waals surface area contributed by atoms with Gasteiger partial charge in [-0.05, 0) is 54.3 Å². The minimum atomic E-state index is -0.397. The summed E-state index contributed by atoms with van der Waals surface area (Å²) in [5.41, 5.74) is 0.0168. The maximum absolute atomic E-state index is 13.1. The molecule has 22 heavy (non-hydrogen) atoms. The number of hydrogen-bond donors (Lipinski definition) is 1. The second kappa shape index (κ2) is 4.66. The van der Waals surface area contributed by atoms with Crippen LogP contribution in [0.25, 0.3) is 0 Å². The number of ketones is 2. The first-order valence-electron chi connectivity index (χ1n) is 9.08. The molecule has 4 rings (SSSR count). The van der Waals surface area contributed by atoms with Crippen molar-refractivity contribution in [3.8, 4) is 0 Å². The van der Waals surface area contributed by atoms with Crippen molar-refractivity contribution >= 4 is 11.6 Å². The van der Waals surface area contributed by atoms with Crippen LogP contribution < -0.4 is 0 Å². The largest absolute Gasteiger partial charge is 0.393 e. The Bertz CT molecular complexity index is 527. The van der Waals surface area contributed by atoms with Crippen molar-refractivity contribution in [1.29, 1.82) is 0 Å². The molecular weight excluding hydrogens is 276 g/mol. The van der Waals surface area contributed by atoms with Crippen LogP contribution in [-0.2, 0) is 9.59 Å². The van der Waals surface area contributed by atoms with E-state index in [4.69, 9.17) is 0 Å². The van der Waals surface area contributed by atoms with E-state index in [1.165, 1.54) is 19.3 Å². The highest BCUT2D eigenvalue weighted by Gasteiger charge is 2.63. The van der Waals surface area contributed by atoms with Crippen LogP contribution in [0.2, 0.25) is 0 Å². The highest BCUT2D eigenvalue weighted by Crippen LogP contribution is 2.64. The van der Waals surface area contributed by atoms with Crippen LogP contribution in [0.5, 0.6) is 0 Å². The van der Waals surface area contributed by atoms with E-state index >= 15 is 0 Å². The highest BCUT2D eigenvalue weighted by atomic mass is 16.3. The quantitative estimate of drug-likeness (QED) is 0.748. The van der Waals surface area contributed by atoms with E-state index in [2.05, 4.69) is 13.8 Å². The zero-order valence-electron chi connectivity index (χ0n) is 13.8. The Labute approximate surface area is 132 Å². The van der Waals surface area contributed by atoms with E-state index < -0.39 is 6.10 Å². The van der Waals surface area contributed by atoms with E-state index in [-0.39, 0.29) is 28.4 Å². The molecule has 0 unspecified atom stereocenters. The number of fused-ring (bicyclic) bond motifs is 5. The number of Topliss-reactive ketones (excluding diaryl/α,β-unsaturated/α-hetero) is 2. The molecule has 0 radical (unpaired) electrons. The molecule has 0 saturated heterocycles. The summed E-state index contributed by atoms with van der Waals surface area (Å²) in [4.78, 5) is 24.9. The molecule has 4 aliphatic rings. The lowest BCUT2D eigenvalue weighted by Crippen LogP contribution is -2.60. The van der Waals surface area contributed by atoms with Crippen molar-refractivity contribution in [1.82, 2.24) is 0 Å². The van der Waals surface area contributed by atoms with Crippen molar-refractivity contribution in [3.05, 3.63) is 0 Å². The molecule has 0 heterocycles. The van der Waals surface area contributed by atoms with E-state index in [9.17, 15) is 14.7 Å². The minimum Gasteiger partial charge on any atom is -0.393 e. The molecule has 7 atom stereocenters. The number of aliphatic hydroxyl groups excluding tert-OH is 1. The van der Waals surface area contributed by atoms with Gasteiger partial charge in [0.2, 0.25) is 0 Å². The third kappa shape index (κ3) is 1.84. The molecule has 1 N–H and O–H groups in total. The van der Waals surface area contributed by atoms with Gasteiger partial charge < -0.3 is 5.11 Å². The van der Waals surface area contributed by atoms with Gasteiger partial charge in [-0.3, -0.25) is 9.59 Å². The van der Waals surface area contributed by atoms with Crippen LogP contribution in [0.1, 0.15) is 65.2 Å². The summed E-state index contributed by atoms with van der Waals surface area (Å²) in [5, 5.41) is 10.8. The fourth-order valence-electron chi connectivity index (χ4n) is 6.93. The molecule has 0 aliphatic heterocycles. The van der Waals surface area contributed by atoms with E-state index in [0.717, 1.165) is 19.3 Å². The number of carbonyl (C=O) groups excluding carboxylic acids is 2. The summed E-state index contributed by atoms with van der Waals surface area (Å²) < 4.78 is 0. The Balaban J connectivity index is 1.74. The topological polar surface area (TPSA) is 54.4 Å². The lowest BCUT2D eigenvalue weighted by atomic mass is 9.44. The highest BCUT2D eigenvalue weighted by molar-refractivity contribution is 5.85. The maximum Gasteiger partial charge on any atom is 0.137 e. The van der Waals surface area contributed by atoms with Crippen molar-refractivity contribution in [2.24, 2.45) is 34.5 Å². The predicted octanol–water partition coefficient (Wildman–Crippen LogP) is 3.14. The Morgan fingerprint density at radius 2 is 1.91 bits per heavy atom. The molecular formula is C19H28O3. The minimum absolute atomic E-state index is 0.00436. The number of carbonyl (C=O) groups is 2. The number of hydrogen-bond acceptors (Lipinski definition) is 3. The first-order chi connectivity index (χ1) is 10.3. The van der Waals surface area contributed by atoms with E-state index in [1.807, 2.05) is 0 Å². The van der Waals surface area contributed by atoms with Crippen LogP contribution >= 0.6 is 0 Å². The Morgan fingerprint density at radius 3 is 2.68 bits per heavy atom. The molecule has 3 nitrogen and oxygen atoms in total. The molecule has 0 spiro atoms. The molecule has 4 saturated carbocycles. The monoisotopic (exact) mass is 304 g/mol. The van der Waals surface area contributed by atoms with E-state index in [1.54, 1.807) is 0 Å². The van der Waals surface area contributed by atoms with Gasteiger partial charge in [-0.15, -0.1) is 0 Å². The first-order valence-corrected chi connectivity index (χ1v) is 9.08. The van der Waals surface area contributed by atoms with Gasteiger partial charge in [0.1, 0.15) is 11.6 Å². The standard InChI is InChI=1S/C19H28O3/c1-18-6-3-4-13(18)12-9-15(21)14-8-11(20)5-7-19(14,2)17(12)16(22)10-18/h12-15,17,21H,3-10H2,1-2H3/t12-,13+,14+,15-,17+,18+,19+/m0/s1. The zero-order valence-corrected chi connectivity index (χ0v) is 13.8. The van der Waals surface area contributed by atoms with Crippen molar-refractivity contribution in [2.75, 3.05) is 0 Å². The SMILES string of the molecule is C[C@]12CCC[C@@H]1[C@@H]1C[C@H](O)[C@H]3CC(=O)CC[C@@]3(C)[C@H]1C(=O)C2. The zero-order chi connectivity index (χ0) is 15.7. The smallest absolute Gasteiger partial charge is 0.137 e. The molecule has 0 aromatic rings. The lowest BCUT2D eigenvalue weighted by molar-refractivity contribution is -0.173. The molecule has 0 aromatic carbocycles. The summed E-state index contributed by atoms with van der Waals surface area (Å²) >= 11 is 0. The van der Waals surface area contributed by atoms with Crippen LogP contribution in [0.4, 0.5) is 0 Å². The van der Waals surface area contributed by atoms with E-state index in [0.29, 0.717) is 30.5 Å². The average molecular weight is 304 g/mol. The normalized spacial score (nSPS) is 54.6. The molecule has 0 amide bonds. The Kier molecular flexibility index (Phi) is 3.15. The fraction of sp³-hybridized carbons (Fsp3) is 0.895. The molecule has 3 heteroatoms. The van der Waals surface area contributed by atoms with Crippen molar-refractivity contribution in [2.45, 2.75) is 71.3 Å². The van der Waals surface area contributed by atoms with Gasteiger partial charge >= 0.3 is 0 Å². The first kappa shape index (κ1) is 14.9. The van der Waals surface area contributed by atoms with Crippen LogP contribution in [0, 0.1) is 34.5 Å². The summed E-state index contributed by atoms with van der Waals surface area (Å²) in [6, 6.07) is 0. The van der Waals surface area contributed by atoms with Crippen LogP contribution in [0.15, 0.2) is 0 Å². The van der Waals surface area contributed by atoms with Gasteiger partial charge in [0.05, 0.1) is 6.10 Å². The fourth-order valence-corrected chi connectivity index (χ4v) is 6.93. The number of aliphatic hydroxyl groups is 1. The second-order valence-electron chi connectivity index (χ2n) is 9.10.